The smallest absolute Gasteiger partial charge is 0.223 e. The zero-order valence-corrected chi connectivity index (χ0v) is 14.7. The lowest BCUT2D eigenvalue weighted by molar-refractivity contribution is -0.116. The van der Waals surface area contributed by atoms with Gasteiger partial charge >= 0.3 is 0 Å². The number of amides is 1. The first-order valence-electron chi connectivity index (χ1n) is 6.87. The Balaban J connectivity index is 2.66. The van der Waals surface area contributed by atoms with E-state index in [1.807, 2.05) is 31.2 Å². The number of hydrogen-bond donors (Lipinski definition) is 1. The lowest BCUT2D eigenvalue weighted by Crippen LogP contribution is -2.38. The Hall–Kier alpha value is -0.920. The van der Waals surface area contributed by atoms with Crippen molar-refractivity contribution >= 4 is 37.5 Å². The van der Waals surface area contributed by atoms with E-state index < -0.39 is 10.0 Å². The molecule has 1 aromatic carbocycles. The van der Waals surface area contributed by atoms with E-state index in [1.54, 1.807) is 4.90 Å². The molecule has 0 bridgehead atoms. The normalized spacial score (nSPS) is 11.4. The summed E-state index contributed by atoms with van der Waals surface area (Å²) >= 11 is 3.40. The van der Waals surface area contributed by atoms with Crippen molar-refractivity contribution in [2.24, 2.45) is 0 Å². The molecule has 1 rings (SSSR count). The maximum absolute atomic E-state index is 11.8. The number of nitrogens with one attached hydrogen (secondary N) is 1. The van der Waals surface area contributed by atoms with Crippen molar-refractivity contribution in [3.8, 4) is 0 Å². The van der Waals surface area contributed by atoms with Crippen LogP contribution in [0.2, 0.25) is 0 Å². The highest BCUT2D eigenvalue weighted by atomic mass is 79.9. The molecule has 0 aliphatic rings. The average Bonchev–Trinajstić information content (AvgIpc) is 2.42. The second kappa shape index (κ2) is 8.51. The molecule has 0 saturated heterocycles. The summed E-state index contributed by atoms with van der Waals surface area (Å²) in [5, 5.41) is 0. The van der Waals surface area contributed by atoms with Gasteiger partial charge in [0.2, 0.25) is 15.9 Å². The van der Waals surface area contributed by atoms with Crippen molar-refractivity contribution < 1.29 is 13.2 Å². The summed E-state index contributed by atoms with van der Waals surface area (Å²) < 4.78 is 26.8. The maximum atomic E-state index is 11.8. The third kappa shape index (κ3) is 6.15. The Morgan fingerprint density at radius 1 is 1.33 bits per heavy atom. The number of para-hydroxylation sites is 1. The molecule has 0 saturated carbocycles. The van der Waals surface area contributed by atoms with Crippen molar-refractivity contribution in [1.29, 1.82) is 0 Å². The fraction of sp³-hybridized carbons (Fsp3) is 0.500. The number of carbonyl (C=O) groups is 1. The molecule has 118 valence electrons. The van der Waals surface area contributed by atoms with Crippen LogP contribution in [0.1, 0.15) is 26.7 Å². The fourth-order valence-electron chi connectivity index (χ4n) is 1.84. The third-order valence-corrected chi connectivity index (χ3v) is 5.09. The van der Waals surface area contributed by atoms with E-state index in [1.165, 1.54) is 6.92 Å². The molecule has 5 nitrogen and oxygen atoms in total. The Morgan fingerprint density at radius 3 is 2.57 bits per heavy atom. The zero-order valence-electron chi connectivity index (χ0n) is 12.3. The number of carbonyl (C=O) groups excluding carboxylic acids is 1. The van der Waals surface area contributed by atoms with Crippen molar-refractivity contribution in [3.63, 3.8) is 0 Å². The minimum absolute atomic E-state index is 0.124. The lowest BCUT2D eigenvalue weighted by Gasteiger charge is -2.22. The molecular weight excluding hydrogens is 356 g/mol. The topological polar surface area (TPSA) is 66.5 Å². The predicted molar refractivity (Wildman–Crippen MR) is 88.9 cm³/mol. The molecule has 0 fully saturated rings. The molecule has 1 aromatic rings. The van der Waals surface area contributed by atoms with Crippen molar-refractivity contribution in [2.45, 2.75) is 26.7 Å². The van der Waals surface area contributed by atoms with Crippen molar-refractivity contribution in [2.75, 3.05) is 23.7 Å². The van der Waals surface area contributed by atoms with Crippen LogP contribution in [0.25, 0.3) is 0 Å². The van der Waals surface area contributed by atoms with Crippen LogP contribution >= 0.6 is 15.9 Å². The average molecular weight is 377 g/mol. The summed E-state index contributed by atoms with van der Waals surface area (Å²) in [5.41, 5.74) is 0.734. The molecule has 21 heavy (non-hydrogen) atoms. The molecule has 0 aromatic heterocycles. The van der Waals surface area contributed by atoms with E-state index in [4.69, 9.17) is 0 Å². The summed E-state index contributed by atoms with van der Waals surface area (Å²) in [6, 6.07) is 7.36. The number of hydrogen-bond acceptors (Lipinski definition) is 3. The van der Waals surface area contributed by atoms with Crippen LogP contribution in [0, 0.1) is 0 Å². The highest BCUT2D eigenvalue weighted by Crippen LogP contribution is 2.25. The van der Waals surface area contributed by atoms with Gasteiger partial charge in [-0.15, -0.1) is 0 Å². The fourth-order valence-corrected chi connectivity index (χ4v) is 3.55. The Morgan fingerprint density at radius 2 is 2.00 bits per heavy atom. The van der Waals surface area contributed by atoms with Crippen LogP contribution in [0.3, 0.4) is 0 Å². The summed E-state index contributed by atoms with van der Waals surface area (Å²) in [6.45, 7) is 3.90. The van der Waals surface area contributed by atoms with Gasteiger partial charge in [0.1, 0.15) is 0 Å². The SMILES string of the molecule is CCCCS(=O)(=O)NCCN(C(C)=O)c1ccccc1Br. The van der Waals surface area contributed by atoms with Gasteiger partial charge in [-0.2, -0.15) is 0 Å². The predicted octanol–water partition coefficient (Wildman–Crippen LogP) is 2.52. The van der Waals surface area contributed by atoms with Crippen LogP contribution < -0.4 is 9.62 Å². The zero-order chi connectivity index (χ0) is 15.9. The number of sulfonamides is 1. The highest BCUT2D eigenvalue weighted by Gasteiger charge is 2.15. The molecule has 0 aliphatic heterocycles. The van der Waals surface area contributed by atoms with Crippen LogP contribution in [-0.2, 0) is 14.8 Å². The van der Waals surface area contributed by atoms with Crippen LogP contribution in [0.15, 0.2) is 28.7 Å². The molecule has 0 radical (unpaired) electrons. The largest absolute Gasteiger partial charge is 0.310 e. The minimum Gasteiger partial charge on any atom is -0.310 e. The van der Waals surface area contributed by atoms with Gasteiger partial charge in [-0.25, -0.2) is 13.1 Å². The summed E-state index contributed by atoms with van der Waals surface area (Å²) in [4.78, 5) is 13.3. The van der Waals surface area contributed by atoms with Gasteiger partial charge in [-0.3, -0.25) is 4.79 Å². The first-order valence-corrected chi connectivity index (χ1v) is 9.32. The van der Waals surface area contributed by atoms with E-state index >= 15 is 0 Å². The standard InChI is InChI=1S/C14H21BrN2O3S/c1-3-4-11-21(19,20)16-9-10-17(12(2)18)14-8-6-5-7-13(14)15/h5-8,16H,3-4,9-11H2,1-2H3. The van der Waals surface area contributed by atoms with Gasteiger partial charge in [0.15, 0.2) is 0 Å². The monoisotopic (exact) mass is 376 g/mol. The van der Waals surface area contributed by atoms with Gasteiger partial charge in [-0.1, -0.05) is 25.5 Å². The Kier molecular flexibility index (Phi) is 7.34. The van der Waals surface area contributed by atoms with Gasteiger partial charge < -0.3 is 4.90 Å². The van der Waals surface area contributed by atoms with Gasteiger partial charge in [-0.05, 0) is 34.5 Å². The van der Waals surface area contributed by atoms with E-state index in [2.05, 4.69) is 20.7 Å². The van der Waals surface area contributed by atoms with E-state index in [-0.39, 0.29) is 18.2 Å². The van der Waals surface area contributed by atoms with E-state index in [0.717, 1.165) is 16.6 Å². The number of unbranched alkanes of at least 4 members (excludes halogenated alkanes) is 1. The minimum atomic E-state index is -3.26. The number of halogens is 1. The highest BCUT2D eigenvalue weighted by molar-refractivity contribution is 9.10. The molecule has 0 aliphatic carbocycles. The van der Waals surface area contributed by atoms with E-state index in [9.17, 15) is 13.2 Å². The summed E-state index contributed by atoms with van der Waals surface area (Å²) in [5.74, 6) is -0.00633. The van der Waals surface area contributed by atoms with Crippen molar-refractivity contribution in [1.82, 2.24) is 4.72 Å². The van der Waals surface area contributed by atoms with Gasteiger partial charge in [0, 0.05) is 24.5 Å². The molecule has 0 atom stereocenters. The molecule has 0 heterocycles. The van der Waals surface area contributed by atoms with Gasteiger partial charge in [0.05, 0.1) is 11.4 Å². The van der Waals surface area contributed by atoms with Gasteiger partial charge in [0.25, 0.3) is 0 Å². The summed E-state index contributed by atoms with van der Waals surface area (Å²) in [7, 11) is -3.26. The molecule has 1 amide bonds. The van der Waals surface area contributed by atoms with Crippen molar-refractivity contribution in [3.05, 3.63) is 28.7 Å². The van der Waals surface area contributed by atoms with Crippen LogP contribution in [-0.4, -0.2) is 33.2 Å². The molecule has 1 N–H and O–H groups in total. The molecule has 7 heteroatoms. The number of rotatable bonds is 8. The second-order valence-corrected chi connectivity index (χ2v) is 7.47. The number of benzene rings is 1. The lowest BCUT2D eigenvalue weighted by atomic mass is 10.3. The quantitative estimate of drug-likeness (QED) is 0.757. The second-order valence-electron chi connectivity index (χ2n) is 4.69. The Labute approximate surface area is 134 Å². The van der Waals surface area contributed by atoms with E-state index in [0.29, 0.717) is 13.0 Å². The first kappa shape index (κ1) is 18.1. The van der Waals surface area contributed by atoms with Crippen LogP contribution in [0.4, 0.5) is 5.69 Å². The third-order valence-electron chi connectivity index (χ3n) is 2.95. The maximum Gasteiger partial charge on any atom is 0.223 e. The Bertz CT molecular complexity index is 575. The first-order chi connectivity index (χ1) is 9.87. The molecule has 0 unspecified atom stereocenters. The molecule has 0 spiro atoms. The number of nitrogens with zero attached hydrogens (tertiary/aromatic N) is 1. The summed E-state index contributed by atoms with van der Waals surface area (Å²) in [6.07, 6.45) is 1.47. The van der Waals surface area contributed by atoms with Crippen LogP contribution in [0.5, 0.6) is 0 Å². The number of anilines is 1. The molecular formula is C14H21BrN2O3S.